The van der Waals surface area contributed by atoms with Crippen molar-refractivity contribution in [1.29, 1.82) is 0 Å². The second-order valence-corrected chi connectivity index (χ2v) is 4.85. The van der Waals surface area contributed by atoms with Crippen LogP contribution in [0, 0.1) is 30.2 Å². The van der Waals surface area contributed by atoms with Crippen LogP contribution in [-0.2, 0) is 0 Å². The predicted molar refractivity (Wildman–Crippen MR) is 68.0 cm³/mol. The highest BCUT2D eigenvalue weighted by molar-refractivity contribution is 5.66. The highest BCUT2D eigenvalue weighted by atomic mass is 19.4. The fourth-order valence-electron chi connectivity index (χ4n) is 1.96. The lowest BCUT2D eigenvalue weighted by Crippen LogP contribution is -2.30. The van der Waals surface area contributed by atoms with Gasteiger partial charge in [-0.3, -0.25) is 0 Å². The number of benzene rings is 2. The summed E-state index contributed by atoms with van der Waals surface area (Å²) in [5, 5.41) is 0. The molecular formula is C15H8F8O. The Morgan fingerprint density at radius 3 is 1.71 bits per heavy atom. The van der Waals surface area contributed by atoms with Gasteiger partial charge in [0.2, 0.25) is 0 Å². The largest absolute Gasteiger partial charge is 0.457 e. The van der Waals surface area contributed by atoms with Crippen molar-refractivity contribution in [2.75, 3.05) is 0 Å². The van der Waals surface area contributed by atoms with E-state index in [0.29, 0.717) is 12.1 Å². The maximum Gasteiger partial charge on any atom is 0.457 e. The maximum atomic E-state index is 13.8. The van der Waals surface area contributed by atoms with E-state index in [0.717, 1.165) is 12.1 Å². The van der Waals surface area contributed by atoms with Gasteiger partial charge in [-0.15, -0.1) is 0 Å². The molecule has 0 spiro atoms. The molecule has 2 rings (SSSR count). The Kier molecular flexibility index (Phi) is 4.73. The topological polar surface area (TPSA) is 9.23 Å². The smallest absolute Gasteiger partial charge is 0.446 e. The summed E-state index contributed by atoms with van der Waals surface area (Å²) in [5.41, 5.74) is -1.19. The van der Waals surface area contributed by atoms with Crippen molar-refractivity contribution in [3.63, 3.8) is 0 Å². The average molecular weight is 356 g/mol. The highest BCUT2D eigenvalue weighted by Crippen LogP contribution is 2.34. The molecule has 0 aliphatic rings. The van der Waals surface area contributed by atoms with E-state index in [1.165, 1.54) is 6.92 Å². The van der Waals surface area contributed by atoms with Crippen LogP contribution in [0.3, 0.4) is 0 Å². The first-order valence-electron chi connectivity index (χ1n) is 6.33. The Bertz CT molecular complexity index is 723. The van der Waals surface area contributed by atoms with E-state index in [4.69, 9.17) is 0 Å². The third-order valence-electron chi connectivity index (χ3n) is 2.95. The van der Waals surface area contributed by atoms with Gasteiger partial charge in [-0.25, -0.2) is 17.6 Å². The molecule has 0 saturated heterocycles. The van der Waals surface area contributed by atoms with Gasteiger partial charge in [0.15, 0.2) is 17.4 Å². The normalized spacial score (nSPS) is 13.0. The number of aryl methyl sites for hydroxylation is 1. The molecule has 2 aromatic rings. The van der Waals surface area contributed by atoms with E-state index in [1.807, 2.05) is 0 Å². The molecule has 0 bridgehead atoms. The summed E-state index contributed by atoms with van der Waals surface area (Å²) in [6.45, 7) is 1.38. The molecule has 0 aliphatic carbocycles. The van der Waals surface area contributed by atoms with Gasteiger partial charge in [0.1, 0.15) is 11.6 Å². The van der Waals surface area contributed by atoms with Gasteiger partial charge in [0.25, 0.3) is 0 Å². The van der Waals surface area contributed by atoms with E-state index in [-0.39, 0.29) is 5.56 Å². The minimum absolute atomic E-state index is 0.208. The number of hydrogen-bond acceptors (Lipinski definition) is 1. The lowest BCUT2D eigenvalue weighted by molar-refractivity contribution is -0.237. The first-order chi connectivity index (χ1) is 11.0. The van der Waals surface area contributed by atoms with Gasteiger partial charge >= 0.3 is 12.5 Å². The zero-order valence-corrected chi connectivity index (χ0v) is 11.8. The van der Waals surface area contributed by atoms with Gasteiger partial charge in [0, 0.05) is 0 Å². The van der Waals surface area contributed by atoms with Crippen molar-refractivity contribution in [2.45, 2.75) is 19.5 Å². The van der Waals surface area contributed by atoms with Crippen LogP contribution in [-0.4, -0.2) is 12.5 Å². The van der Waals surface area contributed by atoms with Crippen molar-refractivity contribution >= 4 is 0 Å². The van der Waals surface area contributed by atoms with Crippen LogP contribution in [0.2, 0.25) is 0 Å². The second kappa shape index (κ2) is 6.29. The van der Waals surface area contributed by atoms with Crippen molar-refractivity contribution in [3.8, 4) is 16.9 Å². The van der Waals surface area contributed by atoms with Gasteiger partial charge < -0.3 is 4.74 Å². The SMILES string of the molecule is Cc1cc(F)c(-c2cc(F)c(OC(F)C(F)(F)F)c(F)c2)c(F)c1. The third-order valence-corrected chi connectivity index (χ3v) is 2.95. The lowest BCUT2D eigenvalue weighted by Gasteiger charge is -2.16. The quantitative estimate of drug-likeness (QED) is 0.664. The molecule has 9 heteroatoms. The minimum atomic E-state index is -5.49. The van der Waals surface area contributed by atoms with Crippen molar-refractivity contribution in [1.82, 2.24) is 0 Å². The first kappa shape index (κ1) is 18.0. The Morgan fingerprint density at radius 2 is 1.29 bits per heavy atom. The Morgan fingerprint density at radius 1 is 0.833 bits per heavy atom. The molecule has 0 N–H and O–H groups in total. The van der Waals surface area contributed by atoms with Crippen LogP contribution < -0.4 is 4.74 Å². The monoisotopic (exact) mass is 356 g/mol. The molecule has 0 amide bonds. The molecule has 0 saturated carbocycles. The van der Waals surface area contributed by atoms with Gasteiger partial charge in [-0.2, -0.15) is 17.6 Å². The van der Waals surface area contributed by atoms with Crippen LogP contribution in [0.5, 0.6) is 5.75 Å². The minimum Gasteiger partial charge on any atom is -0.446 e. The first-order valence-corrected chi connectivity index (χ1v) is 6.33. The van der Waals surface area contributed by atoms with Crippen LogP contribution in [0.1, 0.15) is 5.56 Å². The molecule has 0 radical (unpaired) electrons. The average Bonchev–Trinajstić information content (AvgIpc) is 2.40. The van der Waals surface area contributed by atoms with Crippen LogP contribution >= 0.6 is 0 Å². The summed E-state index contributed by atoms with van der Waals surface area (Å²) in [7, 11) is 0. The van der Waals surface area contributed by atoms with Gasteiger partial charge in [-0.05, 0) is 42.3 Å². The molecule has 0 fully saturated rings. The molecule has 0 aromatic heterocycles. The van der Waals surface area contributed by atoms with Gasteiger partial charge in [-0.1, -0.05) is 0 Å². The predicted octanol–water partition coefficient (Wildman–Crippen LogP) is 5.46. The summed E-state index contributed by atoms with van der Waals surface area (Å²) in [6, 6.07) is 2.50. The zero-order chi connectivity index (χ0) is 18.2. The number of rotatable bonds is 3. The molecular weight excluding hydrogens is 348 g/mol. The van der Waals surface area contributed by atoms with E-state index in [2.05, 4.69) is 4.74 Å². The van der Waals surface area contributed by atoms with E-state index < -0.39 is 52.7 Å². The fraction of sp³-hybridized carbons (Fsp3) is 0.200. The number of hydrogen-bond donors (Lipinski definition) is 0. The second-order valence-electron chi connectivity index (χ2n) is 4.85. The highest BCUT2D eigenvalue weighted by Gasteiger charge is 2.43. The molecule has 0 heterocycles. The molecule has 1 atom stereocenters. The van der Waals surface area contributed by atoms with Gasteiger partial charge in [0.05, 0.1) is 5.56 Å². The molecule has 1 nitrogen and oxygen atoms in total. The van der Waals surface area contributed by atoms with Crippen LogP contribution in [0.25, 0.3) is 11.1 Å². The summed E-state index contributed by atoms with van der Waals surface area (Å²) in [4.78, 5) is 0. The Labute approximate surface area is 130 Å². The summed E-state index contributed by atoms with van der Waals surface area (Å²) in [5.74, 6) is -7.37. The number of ether oxygens (including phenoxy) is 1. The van der Waals surface area contributed by atoms with E-state index >= 15 is 0 Å². The fourth-order valence-corrected chi connectivity index (χ4v) is 1.96. The summed E-state index contributed by atoms with van der Waals surface area (Å²) >= 11 is 0. The summed E-state index contributed by atoms with van der Waals surface area (Å²) in [6.07, 6.45) is -9.45. The number of alkyl halides is 4. The maximum absolute atomic E-state index is 13.8. The third kappa shape index (κ3) is 3.60. The van der Waals surface area contributed by atoms with E-state index in [1.54, 1.807) is 0 Å². The van der Waals surface area contributed by atoms with Crippen molar-refractivity contribution < 1.29 is 39.9 Å². The standard InChI is InChI=1S/C15H8F8O/c1-6-2-8(16)12(9(17)3-6)7-4-10(18)13(11(19)5-7)24-14(20)15(21,22)23/h2-5,14H,1H3. The van der Waals surface area contributed by atoms with Crippen molar-refractivity contribution in [3.05, 3.63) is 53.1 Å². The van der Waals surface area contributed by atoms with Crippen molar-refractivity contribution in [2.24, 2.45) is 0 Å². The summed E-state index contributed by atoms with van der Waals surface area (Å²) < 4.78 is 108. The number of halogens is 8. The Hall–Kier alpha value is -2.32. The molecule has 0 aliphatic heterocycles. The zero-order valence-electron chi connectivity index (χ0n) is 11.8. The van der Waals surface area contributed by atoms with Crippen LogP contribution in [0.15, 0.2) is 24.3 Å². The van der Waals surface area contributed by atoms with E-state index in [9.17, 15) is 35.1 Å². The molecule has 24 heavy (non-hydrogen) atoms. The molecule has 130 valence electrons. The Balaban J connectivity index is 2.48. The molecule has 2 aromatic carbocycles. The lowest BCUT2D eigenvalue weighted by atomic mass is 10.0. The molecule has 1 unspecified atom stereocenters. The van der Waals surface area contributed by atoms with Crippen LogP contribution in [0.4, 0.5) is 35.1 Å².